The largest absolute Gasteiger partial charge is 0.347 e. The first-order valence-corrected chi connectivity index (χ1v) is 7.75. The second kappa shape index (κ2) is 9.23. The third kappa shape index (κ3) is 17.1. The van der Waals surface area contributed by atoms with E-state index in [0.29, 0.717) is 0 Å². The van der Waals surface area contributed by atoms with Gasteiger partial charge >= 0.3 is 11.9 Å². The van der Waals surface area contributed by atoms with E-state index in [1.165, 1.54) is 0 Å². The SMILES string of the molecule is CC(C)(C)OOC(=O)C(C)(C)C.CC(C)C(=O)OOC(C)(C)C. The molecule has 0 spiro atoms. The smallest absolute Gasteiger partial charge is 0.298 e. The topological polar surface area (TPSA) is 71.1 Å². The first-order chi connectivity index (χ1) is 9.96. The highest BCUT2D eigenvalue weighted by atomic mass is 17.2. The zero-order valence-electron chi connectivity index (χ0n) is 16.5. The van der Waals surface area contributed by atoms with Gasteiger partial charge in [0.2, 0.25) is 0 Å². The molecule has 0 aromatic carbocycles. The minimum absolute atomic E-state index is 0.141. The Bertz CT molecular complexity index is 366. The molecule has 0 aliphatic rings. The van der Waals surface area contributed by atoms with Gasteiger partial charge in [0.1, 0.15) is 11.2 Å². The van der Waals surface area contributed by atoms with Crippen molar-refractivity contribution in [3.8, 4) is 0 Å². The average Bonchev–Trinajstić information content (AvgIpc) is 2.30. The van der Waals surface area contributed by atoms with Crippen molar-refractivity contribution in [3.05, 3.63) is 0 Å². The molecule has 0 aromatic rings. The van der Waals surface area contributed by atoms with E-state index in [4.69, 9.17) is 9.78 Å². The Hall–Kier alpha value is -1.14. The first-order valence-electron chi connectivity index (χ1n) is 7.75. The van der Waals surface area contributed by atoms with E-state index in [1.807, 2.05) is 41.5 Å². The number of carbonyl (C=O) groups is 2. The second-order valence-electron chi connectivity index (χ2n) is 8.57. The number of carbonyl (C=O) groups excluding carboxylic acids is 2. The minimum Gasteiger partial charge on any atom is -0.298 e. The van der Waals surface area contributed by atoms with Crippen molar-refractivity contribution in [2.45, 2.75) is 87.4 Å². The lowest BCUT2D eigenvalue weighted by atomic mass is 9.98. The van der Waals surface area contributed by atoms with Crippen molar-refractivity contribution in [1.29, 1.82) is 0 Å². The summed E-state index contributed by atoms with van der Waals surface area (Å²) < 4.78 is 0. The molecule has 0 fully saturated rings. The van der Waals surface area contributed by atoms with Gasteiger partial charge in [-0.2, -0.15) is 9.78 Å². The third-order valence-electron chi connectivity index (χ3n) is 1.82. The predicted octanol–water partition coefficient (Wildman–Crippen LogP) is 4.22. The van der Waals surface area contributed by atoms with Gasteiger partial charge in [0.15, 0.2) is 0 Å². The molecule has 0 unspecified atom stereocenters. The molecule has 0 saturated heterocycles. The molecule has 0 aromatic heterocycles. The van der Waals surface area contributed by atoms with Gasteiger partial charge in [0.05, 0.1) is 11.3 Å². The van der Waals surface area contributed by atoms with Crippen LogP contribution < -0.4 is 0 Å². The second-order valence-corrected chi connectivity index (χ2v) is 8.57. The van der Waals surface area contributed by atoms with E-state index < -0.39 is 16.6 Å². The molecular formula is C17H34O6. The summed E-state index contributed by atoms with van der Waals surface area (Å²) in [5.74, 6) is -0.824. The quantitative estimate of drug-likeness (QED) is 0.568. The van der Waals surface area contributed by atoms with Crippen molar-refractivity contribution in [1.82, 2.24) is 0 Å². The molecule has 0 saturated carbocycles. The van der Waals surface area contributed by atoms with Crippen LogP contribution in [0, 0.1) is 11.3 Å². The summed E-state index contributed by atoms with van der Waals surface area (Å²) in [4.78, 5) is 40.8. The van der Waals surface area contributed by atoms with Crippen LogP contribution in [0.3, 0.4) is 0 Å². The summed E-state index contributed by atoms with van der Waals surface area (Å²) in [6, 6.07) is 0. The molecule has 0 bridgehead atoms. The van der Waals surface area contributed by atoms with Gasteiger partial charge in [-0.05, 0) is 62.3 Å². The van der Waals surface area contributed by atoms with Gasteiger partial charge in [-0.15, -0.1) is 0 Å². The molecule has 0 aliphatic heterocycles. The van der Waals surface area contributed by atoms with Gasteiger partial charge in [-0.1, -0.05) is 13.8 Å². The van der Waals surface area contributed by atoms with Gasteiger partial charge in [-0.3, -0.25) is 9.78 Å². The van der Waals surface area contributed by atoms with Crippen molar-refractivity contribution in [3.63, 3.8) is 0 Å². The lowest BCUT2D eigenvalue weighted by molar-refractivity contribution is -0.325. The Morgan fingerprint density at radius 1 is 0.696 bits per heavy atom. The lowest BCUT2D eigenvalue weighted by Gasteiger charge is -2.20. The van der Waals surface area contributed by atoms with E-state index in [1.54, 1.807) is 34.6 Å². The number of rotatable bonds is 3. The van der Waals surface area contributed by atoms with Gasteiger partial charge in [0, 0.05) is 0 Å². The molecule has 23 heavy (non-hydrogen) atoms. The number of hydrogen-bond acceptors (Lipinski definition) is 6. The third-order valence-corrected chi connectivity index (χ3v) is 1.82. The molecule has 0 aliphatic carbocycles. The van der Waals surface area contributed by atoms with Crippen LogP contribution in [0.25, 0.3) is 0 Å². The molecule has 0 amide bonds. The Balaban J connectivity index is 0. The Labute approximate surface area is 140 Å². The normalized spacial score (nSPS) is 12.3. The zero-order chi connectivity index (χ0) is 19.1. The lowest BCUT2D eigenvalue weighted by Crippen LogP contribution is -2.28. The maximum absolute atomic E-state index is 11.2. The zero-order valence-corrected chi connectivity index (χ0v) is 16.5. The summed E-state index contributed by atoms with van der Waals surface area (Å²) in [5.41, 5.74) is -1.38. The van der Waals surface area contributed by atoms with Gasteiger partial charge < -0.3 is 0 Å². The van der Waals surface area contributed by atoms with E-state index in [0.717, 1.165) is 0 Å². The maximum atomic E-state index is 11.2. The fourth-order valence-electron chi connectivity index (χ4n) is 0.550. The summed E-state index contributed by atoms with van der Waals surface area (Å²) in [6.07, 6.45) is 0. The first kappa shape index (κ1) is 24.1. The molecule has 138 valence electrons. The fraction of sp³-hybridized carbons (Fsp3) is 0.882. The molecule has 0 rings (SSSR count). The molecule has 0 atom stereocenters. The summed E-state index contributed by atoms with van der Waals surface area (Å²) in [5, 5.41) is 0. The Morgan fingerprint density at radius 3 is 1.30 bits per heavy atom. The Kier molecular flexibility index (Phi) is 9.68. The predicted molar refractivity (Wildman–Crippen MR) is 88.2 cm³/mol. The monoisotopic (exact) mass is 334 g/mol. The van der Waals surface area contributed by atoms with Crippen LogP contribution >= 0.6 is 0 Å². The highest BCUT2D eigenvalue weighted by molar-refractivity contribution is 5.74. The van der Waals surface area contributed by atoms with Crippen LogP contribution in [-0.4, -0.2) is 23.1 Å². The highest BCUT2D eigenvalue weighted by Gasteiger charge is 2.26. The van der Waals surface area contributed by atoms with E-state index in [2.05, 4.69) is 9.78 Å². The standard InChI is InChI=1S/C9H18O3.C8H16O3/c1-8(2,3)7(10)11-12-9(4,5)6;1-6(2)7(9)10-11-8(3,4)5/h1-6H3;6H,1-5H3. The maximum Gasteiger partial charge on any atom is 0.347 e. The van der Waals surface area contributed by atoms with E-state index in [9.17, 15) is 9.59 Å². The molecule has 0 radical (unpaired) electrons. The van der Waals surface area contributed by atoms with Gasteiger partial charge in [0.25, 0.3) is 0 Å². The van der Waals surface area contributed by atoms with Crippen molar-refractivity contribution in [2.75, 3.05) is 0 Å². The van der Waals surface area contributed by atoms with E-state index >= 15 is 0 Å². The molecular weight excluding hydrogens is 300 g/mol. The van der Waals surface area contributed by atoms with Crippen LogP contribution in [0.5, 0.6) is 0 Å². The molecule has 6 heteroatoms. The molecule has 6 nitrogen and oxygen atoms in total. The van der Waals surface area contributed by atoms with Crippen LogP contribution in [0.15, 0.2) is 0 Å². The Morgan fingerprint density at radius 2 is 1.04 bits per heavy atom. The van der Waals surface area contributed by atoms with Crippen LogP contribution in [-0.2, 0) is 29.1 Å². The molecule has 0 heterocycles. The minimum atomic E-state index is -0.509. The molecule has 0 N–H and O–H groups in total. The van der Waals surface area contributed by atoms with Gasteiger partial charge in [-0.25, -0.2) is 9.59 Å². The van der Waals surface area contributed by atoms with E-state index in [-0.39, 0.29) is 17.9 Å². The summed E-state index contributed by atoms with van der Waals surface area (Å²) in [7, 11) is 0. The fourth-order valence-corrected chi connectivity index (χ4v) is 0.550. The van der Waals surface area contributed by atoms with Crippen molar-refractivity contribution in [2.24, 2.45) is 11.3 Å². The van der Waals surface area contributed by atoms with Crippen LogP contribution in [0.1, 0.15) is 76.2 Å². The van der Waals surface area contributed by atoms with Crippen LogP contribution in [0.4, 0.5) is 0 Å². The van der Waals surface area contributed by atoms with Crippen molar-refractivity contribution >= 4 is 11.9 Å². The summed E-state index contributed by atoms with van der Waals surface area (Å²) in [6.45, 7) is 19.8. The average molecular weight is 334 g/mol. The number of hydrogen-bond donors (Lipinski definition) is 0. The van der Waals surface area contributed by atoms with Crippen molar-refractivity contribution < 1.29 is 29.1 Å². The van der Waals surface area contributed by atoms with Crippen LogP contribution in [0.2, 0.25) is 0 Å². The summed E-state index contributed by atoms with van der Waals surface area (Å²) >= 11 is 0. The highest BCUT2D eigenvalue weighted by Crippen LogP contribution is 2.17.